The van der Waals surface area contributed by atoms with Crippen molar-refractivity contribution in [2.45, 2.75) is 72.1 Å². The van der Waals surface area contributed by atoms with Crippen molar-refractivity contribution in [1.29, 1.82) is 5.41 Å². The lowest BCUT2D eigenvalue weighted by Crippen LogP contribution is -2.33. The highest BCUT2D eigenvalue weighted by molar-refractivity contribution is 5.87. The number of hydrogen-bond donors (Lipinski definition) is 1. The fourth-order valence-electron chi connectivity index (χ4n) is 2.75. The Labute approximate surface area is 125 Å². The van der Waals surface area contributed by atoms with Crippen LogP contribution in [0.5, 0.6) is 0 Å². The SMILES string of the molecule is CCCC[C@](CC)(CC(=N)C(C)(C)C)c1ccccc1. The zero-order valence-corrected chi connectivity index (χ0v) is 13.9. The smallest absolute Gasteiger partial charge is 0.0151 e. The molecule has 0 spiro atoms. The van der Waals surface area contributed by atoms with Crippen LogP contribution in [0, 0.1) is 10.8 Å². The van der Waals surface area contributed by atoms with Crippen molar-refractivity contribution in [3.8, 4) is 0 Å². The molecule has 0 amide bonds. The third kappa shape index (κ3) is 4.19. The molecule has 0 saturated carbocycles. The molecule has 0 fully saturated rings. The Bertz CT molecular complexity index is 413. The van der Waals surface area contributed by atoms with Crippen molar-refractivity contribution in [1.82, 2.24) is 0 Å². The first-order chi connectivity index (χ1) is 9.35. The molecule has 1 heteroatoms. The summed E-state index contributed by atoms with van der Waals surface area (Å²) in [7, 11) is 0. The van der Waals surface area contributed by atoms with Gasteiger partial charge in [-0.3, -0.25) is 0 Å². The Kier molecular flexibility index (Phi) is 5.98. The van der Waals surface area contributed by atoms with Gasteiger partial charge < -0.3 is 5.41 Å². The van der Waals surface area contributed by atoms with Crippen LogP contribution in [0.1, 0.15) is 72.3 Å². The predicted molar refractivity (Wildman–Crippen MR) is 89.7 cm³/mol. The van der Waals surface area contributed by atoms with Gasteiger partial charge in [-0.1, -0.05) is 77.8 Å². The van der Waals surface area contributed by atoms with E-state index in [4.69, 9.17) is 5.41 Å². The van der Waals surface area contributed by atoms with E-state index in [1.165, 1.54) is 24.8 Å². The largest absolute Gasteiger partial charge is 0.309 e. The van der Waals surface area contributed by atoms with E-state index in [1.54, 1.807) is 0 Å². The van der Waals surface area contributed by atoms with Crippen LogP contribution in [0.25, 0.3) is 0 Å². The Morgan fingerprint density at radius 3 is 2.10 bits per heavy atom. The van der Waals surface area contributed by atoms with Crippen LogP contribution in [-0.4, -0.2) is 5.71 Å². The van der Waals surface area contributed by atoms with Gasteiger partial charge in [0.15, 0.2) is 0 Å². The number of hydrogen-bond acceptors (Lipinski definition) is 1. The van der Waals surface area contributed by atoms with E-state index in [0.29, 0.717) is 0 Å². The van der Waals surface area contributed by atoms with Gasteiger partial charge in [-0.15, -0.1) is 0 Å². The topological polar surface area (TPSA) is 23.9 Å². The second kappa shape index (κ2) is 7.06. The highest BCUT2D eigenvalue weighted by Gasteiger charge is 2.33. The van der Waals surface area contributed by atoms with Crippen molar-refractivity contribution >= 4 is 5.71 Å². The van der Waals surface area contributed by atoms with Gasteiger partial charge in [0.2, 0.25) is 0 Å². The molecular weight excluding hydrogens is 242 g/mol. The lowest BCUT2D eigenvalue weighted by Gasteiger charge is -2.36. The van der Waals surface area contributed by atoms with E-state index < -0.39 is 0 Å². The van der Waals surface area contributed by atoms with Gasteiger partial charge in [0.25, 0.3) is 0 Å². The summed E-state index contributed by atoms with van der Waals surface area (Å²) in [6.07, 6.45) is 5.63. The maximum Gasteiger partial charge on any atom is 0.0151 e. The number of rotatable bonds is 7. The second-order valence-electron chi connectivity index (χ2n) is 7.01. The molecule has 0 bridgehead atoms. The molecule has 1 aromatic rings. The number of unbranched alkanes of at least 4 members (excludes halogenated alkanes) is 1. The van der Waals surface area contributed by atoms with Crippen LogP contribution in [-0.2, 0) is 5.41 Å². The van der Waals surface area contributed by atoms with E-state index >= 15 is 0 Å². The third-order valence-electron chi connectivity index (χ3n) is 4.49. The molecule has 0 aliphatic rings. The molecule has 0 heterocycles. The Hall–Kier alpha value is -1.11. The molecule has 0 radical (unpaired) electrons. The molecule has 1 N–H and O–H groups in total. The van der Waals surface area contributed by atoms with Crippen molar-refractivity contribution in [2.75, 3.05) is 0 Å². The lowest BCUT2D eigenvalue weighted by atomic mass is 9.68. The lowest BCUT2D eigenvalue weighted by molar-refractivity contribution is 0.367. The fraction of sp³-hybridized carbons (Fsp3) is 0.632. The van der Waals surface area contributed by atoms with Crippen LogP contribution in [0.15, 0.2) is 30.3 Å². The maximum absolute atomic E-state index is 8.48. The molecule has 20 heavy (non-hydrogen) atoms. The monoisotopic (exact) mass is 273 g/mol. The quantitative estimate of drug-likeness (QED) is 0.591. The summed E-state index contributed by atoms with van der Waals surface area (Å²) < 4.78 is 0. The molecule has 1 aromatic carbocycles. The van der Waals surface area contributed by atoms with Gasteiger partial charge in [-0.05, 0) is 30.2 Å². The van der Waals surface area contributed by atoms with Crippen molar-refractivity contribution in [2.24, 2.45) is 5.41 Å². The molecule has 1 rings (SSSR count). The molecule has 0 aliphatic heterocycles. The highest BCUT2D eigenvalue weighted by atomic mass is 14.5. The number of benzene rings is 1. The van der Waals surface area contributed by atoms with Crippen LogP contribution in [0.3, 0.4) is 0 Å². The van der Waals surface area contributed by atoms with Crippen LogP contribution >= 0.6 is 0 Å². The van der Waals surface area contributed by atoms with Gasteiger partial charge in [0.05, 0.1) is 0 Å². The average molecular weight is 273 g/mol. The first-order valence-corrected chi connectivity index (χ1v) is 7.99. The summed E-state index contributed by atoms with van der Waals surface area (Å²) in [5.41, 5.74) is 2.40. The van der Waals surface area contributed by atoms with Gasteiger partial charge in [0.1, 0.15) is 0 Å². The average Bonchev–Trinajstić information content (AvgIpc) is 2.43. The minimum absolute atomic E-state index is 0.0264. The van der Waals surface area contributed by atoms with E-state index in [2.05, 4.69) is 65.0 Å². The molecule has 1 atom stereocenters. The molecule has 0 unspecified atom stereocenters. The normalized spacial score (nSPS) is 14.8. The van der Waals surface area contributed by atoms with E-state index in [9.17, 15) is 0 Å². The number of nitrogens with one attached hydrogen (secondary N) is 1. The van der Waals surface area contributed by atoms with Crippen LogP contribution < -0.4 is 0 Å². The molecule has 1 nitrogen and oxygen atoms in total. The van der Waals surface area contributed by atoms with Crippen LogP contribution in [0.4, 0.5) is 0 Å². The summed E-state index contributed by atoms with van der Waals surface area (Å²) in [6.45, 7) is 11.0. The second-order valence-corrected chi connectivity index (χ2v) is 7.01. The molecule has 0 saturated heterocycles. The Morgan fingerprint density at radius 1 is 1.05 bits per heavy atom. The van der Waals surface area contributed by atoms with Gasteiger partial charge >= 0.3 is 0 Å². The first-order valence-electron chi connectivity index (χ1n) is 7.99. The zero-order chi connectivity index (χ0) is 15.2. The summed E-state index contributed by atoms with van der Waals surface area (Å²) in [5.74, 6) is 0. The van der Waals surface area contributed by atoms with E-state index in [0.717, 1.165) is 18.6 Å². The minimum Gasteiger partial charge on any atom is -0.309 e. The predicted octanol–water partition coefficient (Wildman–Crippen LogP) is 5.98. The highest BCUT2D eigenvalue weighted by Crippen LogP contribution is 2.39. The van der Waals surface area contributed by atoms with Gasteiger partial charge in [0, 0.05) is 11.1 Å². The van der Waals surface area contributed by atoms with Crippen LogP contribution in [0.2, 0.25) is 0 Å². The van der Waals surface area contributed by atoms with E-state index in [1.807, 2.05) is 0 Å². The van der Waals surface area contributed by atoms with Crippen molar-refractivity contribution in [3.63, 3.8) is 0 Å². The maximum atomic E-state index is 8.48. The van der Waals surface area contributed by atoms with Crippen molar-refractivity contribution < 1.29 is 0 Å². The molecule has 0 aliphatic carbocycles. The van der Waals surface area contributed by atoms with Gasteiger partial charge in [-0.25, -0.2) is 0 Å². The van der Waals surface area contributed by atoms with Gasteiger partial charge in [-0.2, -0.15) is 0 Å². The fourth-order valence-corrected chi connectivity index (χ4v) is 2.75. The molecular formula is C19H31N. The van der Waals surface area contributed by atoms with Crippen molar-refractivity contribution in [3.05, 3.63) is 35.9 Å². The zero-order valence-electron chi connectivity index (χ0n) is 13.9. The molecule has 0 aromatic heterocycles. The summed E-state index contributed by atoms with van der Waals surface area (Å²) in [4.78, 5) is 0. The summed E-state index contributed by atoms with van der Waals surface area (Å²) in [6, 6.07) is 10.8. The molecule has 112 valence electrons. The van der Waals surface area contributed by atoms with E-state index in [-0.39, 0.29) is 10.8 Å². The Morgan fingerprint density at radius 2 is 1.65 bits per heavy atom. The minimum atomic E-state index is -0.0264. The summed E-state index contributed by atoms with van der Waals surface area (Å²) in [5, 5.41) is 8.48. The first kappa shape index (κ1) is 16.9. The standard InChI is InChI=1S/C19H31N/c1-6-8-14-19(7-2,15-17(20)18(3,4)5)16-12-10-9-11-13-16/h9-13,20H,6-8,14-15H2,1-5H3/t19-/m1/s1. The summed E-state index contributed by atoms with van der Waals surface area (Å²) >= 11 is 0. The Balaban J connectivity index is 3.09. The third-order valence-corrected chi connectivity index (χ3v) is 4.49.